The minimum absolute atomic E-state index is 0.0175. The average molecular weight is 245 g/mol. The molecule has 0 atom stereocenters. The summed E-state index contributed by atoms with van der Waals surface area (Å²) in [6, 6.07) is 8.82. The zero-order valence-corrected chi connectivity index (χ0v) is 9.32. The number of hydrogen-bond acceptors (Lipinski definition) is 3. The Balaban J connectivity index is 2.64. The van der Waals surface area contributed by atoms with Crippen molar-refractivity contribution in [3.63, 3.8) is 0 Å². The molecule has 0 unspecified atom stereocenters. The summed E-state index contributed by atoms with van der Waals surface area (Å²) in [6.07, 6.45) is -0.0175. The number of nitrogens with two attached hydrogens (primary N) is 1. The van der Waals surface area contributed by atoms with Crippen molar-refractivity contribution >= 4 is 5.82 Å². The van der Waals surface area contributed by atoms with Crippen molar-refractivity contribution in [2.45, 2.75) is 6.42 Å². The van der Waals surface area contributed by atoms with E-state index in [4.69, 9.17) is 11.0 Å². The molecule has 1 heterocycles. The van der Waals surface area contributed by atoms with E-state index in [-0.39, 0.29) is 17.8 Å². The van der Waals surface area contributed by atoms with Crippen LogP contribution < -0.4 is 5.73 Å². The minimum atomic E-state index is -0.955. The molecular weight excluding hydrogens is 236 g/mol. The molecule has 2 rings (SSSR count). The number of halogens is 2. The molecule has 2 aromatic rings. The Morgan fingerprint density at radius 1 is 1.17 bits per heavy atom. The maximum atomic E-state index is 13.7. The van der Waals surface area contributed by atoms with Gasteiger partial charge in [-0.15, -0.1) is 0 Å². The highest BCUT2D eigenvalue weighted by molar-refractivity contribution is 5.68. The third kappa shape index (κ3) is 2.13. The molecule has 0 bridgehead atoms. The summed E-state index contributed by atoms with van der Waals surface area (Å²) in [5.41, 5.74) is 6.30. The van der Waals surface area contributed by atoms with Crippen molar-refractivity contribution in [1.29, 1.82) is 5.26 Å². The van der Waals surface area contributed by atoms with Gasteiger partial charge in [0.15, 0.2) is 11.6 Å². The van der Waals surface area contributed by atoms with Crippen molar-refractivity contribution in [3.05, 3.63) is 47.7 Å². The second-order valence-electron chi connectivity index (χ2n) is 3.67. The van der Waals surface area contributed by atoms with Gasteiger partial charge in [-0.25, -0.2) is 13.8 Å². The molecule has 0 saturated carbocycles. The van der Waals surface area contributed by atoms with Crippen LogP contribution in [-0.2, 0) is 6.42 Å². The fourth-order valence-electron chi connectivity index (χ4n) is 1.68. The van der Waals surface area contributed by atoms with Gasteiger partial charge in [0.1, 0.15) is 5.82 Å². The van der Waals surface area contributed by atoms with E-state index in [1.807, 2.05) is 6.07 Å². The normalized spacial score (nSPS) is 10.1. The smallest absolute Gasteiger partial charge is 0.166 e. The Labute approximate surface area is 103 Å². The van der Waals surface area contributed by atoms with Crippen LogP contribution in [0.25, 0.3) is 11.1 Å². The molecule has 0 amide bonds. The van der Waals surface area contributed by atoms with Gasteiger partial charge in [0.2, 0.25) is 0 Å². The van der Waals surface area contributed by atoms with Crippen molar-refractivity contribution in [2.75, 3.05) is 5.73 Å². The van der Waals surface area contributed by atoms with Crippen LogP contribution in [0.2, 0.25) is 0 Å². The molecule has 1 aromatic heterocycles. The molecule has 0 saturated heterocycles. The van der Waals surface area contributed by atoms with E-state index in [0.29, 0.717) is 11.3 Å². The quantitative estimate of drug-likeness (QED) is 0.884. The molecule has 90 valence electrons. The lowest BCUT2D eigenvalue weighted by atomic mass is 10.0. The first-order valence-electron chi connectivity index (χ1n) is 5.20. The Kier molecular flexibility index (Phi) is 3.20. The van der Waals surface area contributed by atoms with Crippen LogP contribution in [0.15, 0.2) is 30.3 Å². The lowest BCUT2D eigenvalue weighted by molar-refractivity contribution is 0.511. The molecular formula is C13H9F2N3. The van der Waals surface area contributed by atoms with Gasteiger partial charge in [-0.2, -0.15) is 5.26 Å². The summed E-state index contributed by atoms with van der Waals surface area (Å²) in [7, 11) is 0. The van der Waals surface area contributed by atoms with E-state index in [0.717, 1.165) is 6.07 Å². The summed E-state index contributed by atoms with van der Waals surface area (Å²) in [4.78, 5) is 3.98. The zero-order valence-electron chi connectivity index (χ0n) is 9.32. The average Bonchev–Trinajstić information content (AvgIpc) is 2.34. The van der Waals surface area contributed by atoms with E-state index >= 15 is 0 Å². The largest absolute Gasteiger partial charge is 0.384 e. The number of nitriles is 1. The van der Waals surface area contributed by atoms with Crippen molar-refractivity contribution in [2.24, 2.45) is 0 Å². The van der Waals surface area contributed by atoms with Crippen molar-refractivity contribution in [3.8, 4) is 17.2 Å². The third-order valence-corrected chi connectivity index (χ3v) is 2.48. The molecule has 1 aromatic carbocycles. The van der Waals surface area contributed by atoms with Gasteiger partial charge < -0.3 is 5.73 Å². The third-order valence-electron chi connectivity index (χ3n) is 2.48. The number of nitrogen functional groups attached to an aromatic ring is 1. The van der Waals surface area contributed by atoms with Gasteiger partial charge >= 0.3 is 0 Å². The van der Waals surface area contributed by atoms with Crippen LogP contribution >= 0.6 is 0 Å². The summed E-state index contributed by atoms with van der Waals surface area (Å²) >= 11 is 0. The minimum Gasteiger partial charge on any atom is -0.384 e. The fraction of sp³-hybridized carbons (Fsp3) is 0.0769. The lowest BCUT2D eigenvalue weighted by Crippen LogP contribution is -2.00. The van der Waals surface area contributed by atoms with E-state index in [9.17, 15) is 8.78 Å². The predicted octanol–water partition coefficient (Wildman–Crippen LogP) is 2.68. The second-order valence-corrected chi connectivity index (χ2v) is 3.67. The molecule has 0 radical (unpaired) electrons. The van der Waals surface area contributed by atoms with Crippen LogP contribution in [0, 0.1) is 23.0 Å². The van der Waals surface area contributed by atoms with Crippen LogP contribution in [-0.4, -0.2) is 4.98 Å². The zero-order chi connectivity index (χ0) is 13.1. The predicted molar refractivity (Wildman–Crippen MR) is 63.3 cm³/mol. The highest BCUT2D eigenvalue weighted by atomic mass is 19.2. The van der Waals surface area contributed by atoms with Crippen LogP contribution in [0.1, 0.15) is 5.69 Å². The maximum absolute atomic E-state index is 13.7. The number of benzene rings is 1. The number of rotatable bonds is 2. The molecule has 0 aliphatic heterocycles. The van der Waals surface area contributed by atoms with E-state index in [1.54, 1.807) is 0 Å². The second kappa shape index (κ2) is 4.80. The van der Waals surface area contributed by atoms with Crippen molar-refractivity contribution in [1.82, 2.24) is 4.98 Å². The van der Waals surface area contributed by atoms with Crippen molar-refractivity contribution < 1.29 is 8.78 Å². The molecule has 2 N–H and O–H groups in total. The number of anilines is 1. The van der Waals surface area contributed by atoms with Gasteiger partial charge in [0, 0.05) is 11.1 Å². The Hall–Kier alpha value is -2.48. The van der Waals surface area contributed by atoms with E-state index in [2.05, 4.69) is 4.98 Å². The first-order chi connectivity index (χ1) is 8.63. The molecule has 0 aliphatic rings. The number of nitrogens with zero attached hydrogens (tertiary/aromatic N) is 2. The molecule has 0 spiro atoms. The summed E-state index contributed by atoms with van der Waals surface area (Å²) in [5.74, 6) is -1.66. The van der Waals surface area contributed by atoms with Crippen LogP contribution in [0.4, 0.5) is 14.6 Å². The van der Waals surface area contributed by atoms with E-state index in [1.165, 1.54) is 24.3 Å². The fourth-order valence-corrected chi connectivity index (χ4v) is 1.68. The topological polar surface area (TPSA) is 62.7 Å². The number of hydrogen-bond donors (Lipinski definition) is 1. The monoisotopic (exact) mass is 245 g/mol. The van der Waals surface area contributed by atoms with Crippen LogP contribution in [0.5, 0.6) is 0 Å². The molecule has 5 heteroatoms. The summed E-state index contributed by atoms with van der Waals surface area (Å²) in [6.45, 7) is 0. The number of aromatic nitrogens is 1. The first-order valence-corrected chi connectivity index (χ1v) is 5.20. The lowest BCUT2D eigenvalue weighted by Gasteiger charge is -2.08. The molecule has 0 aliphatic carbocycles. The standard InChI is InChI=1S/C13H9F2N3/c14-10-3-1-2-9(13(10)15)8-4-5-12(17)18-11(8)6-7-16/h1-5H,6H2,(H2,17,18). The molecule has 18 heavy (non-hydrogen) atoms. The summed E-state index contributed by atoms with van der Waals surface area (Å²) < 4.78 is 26.9. The Morgan fingerprint density at radius 3 is 2.67 bits per heavy atom. The van der Waals surface area contributed by atoms with Gasteiger partial charge in [0.25, 0.3) is 0 Å². The van der Waals surface area contributed by atoms with E-state index < -0.39 is 11.6 Å². The van der Waals surface area contributed by atoms with Crippen LogP contribution in [0.3, 0.4) is 0 Å². The first kappa shape index (κ1) is 12.0. The number of pyridine rings is 1. The molecule has 0 fully saturated rings. The van der Waals surface area contributed by atoms with Gasteiger partial charge in [-0.05, 0) is 18.2 Å². The Morgan fingerprint density at radius 2 is 1.94 bits per heavy atom. The highest BCUT2D eigenvalue weighted by Crippen LogP contribution is 2.27. The van der Waals surface area contributed by atoms with Gasteiger partial charge in [-0.1, -0.05) is 12.1 Å². The SMILES string of the molecule is N#CCc1nc(N)ccc1-c1cccc(F)c1F. The van der Waals surface area contributed by atoms with Gasteiger partial charge in [-0.3, -0.25) is 0 Å². The van der Waals surface area contributed by atoms with Gasteiger partial charge in [0.05, 0.1) is 18.2 Å². The highest BCUT2D eigenvalue weighted by Gasteiger charge is 2.14. The molecule has 3 nitrogen and oxygen atoms in total. The summed E-state index contributed by atoms with van der Waals surface area (Å²) in [5, 5.41) is 8.71. The Bertz CT molecular complexity index is 633. The maximum Gasteiger partial charge on any atom is 0.166 e.